The molecule has 1 atom stereocenters. The molecule has 7 heteroatoms. The Hall–Kier alpha value is -3.27. The molecule has 0 radical (unpaired) electrons. The van der Waals surface area contributed by atoms with Crippen molar-refractivity contribution in [1.82, 2.24) is 19.9 Å². The number of nitriles is 1. The molecule has 1 saturated carbocycles. The van der Waals surface area contributed by atoms with Gasteiger partial charge in [0.15, 0.2) is 5.65 Å². The second kappa shape index (κ2) is 6.47. The summed E-state index contributed by atoms with van der Waals surface area (Å²) in [6.07, 6.45) is 3.76. The quantitative estimate of drug-likeness (QED) is 0.771. The van der Waals surface area contributed by atoms with E-state index in [9.17, 15) is 14.4 Å². The van der Waals surface area contributed by atoms with Gasteiger partial charge in [0.25, 0.3) is 5.91 Å². The van der Waals surface area contributed by atoms with Crippen molar-refractivity contribution in [3.8, 4) is 17.3 Å². The maximum Gasteiger partial charge on any atom is 0.256 e. The first-order valence-electron chi connectivity index (χ1n) is 8.84. The SMILES string of the molecule is Cc1cc(-c2cc(F)ccc2C#N)nc2c(C(=O)N[C@@H](C)C3CC3)cnn12. The molecule has 0 spiro atoms. The Kier molecular flexibility index (Phi) is 4.11. The van der Waals surface area contributed by atoms with Gasteiger partial charge in [-0.2, -0.15) is 10.4 Å². The summed E-state index contributed by atoms with van der Waals surface area (Å²) >= 11 is 0. The average Bonchev–Trinajstić information content (AvgIpc) is 3.41. The van der Waals surface area contributed by atoms with E-state index >= 15 is 0 Å². The summed E-state index contributed by atoms with van der Waals surface area (Å²) in [5.41, 5.74) is 2.63. The first kappa shape index (κ1) is 17.2. The summed E-state index contributed by atoms with van der Waals surface area (Å²) in [5, 5.41) is 16.6. The van der Waals surface area contributed by atoms with Gasteiger partial charge in [-0.3, -0.25) is 4.79 Å². The number of halogens is 1. The second-order valence-electron chi connectivity index (χ2n) is 6.98. The Morgan fingerprint density at radius 3 is 2.89 bits per heavy atom. The minimum Gasteiger partial charge on any atom is -0.349 e. The minimum atomic E-state index is -0.451. The topological polar surface area (TPSA) is 83.1 Å². The minimum absolute atomic E-state index is 0.102. The number of rotatable bonds is 4. The van der Waals surface area contributed by atoms with Crippen LogP contribution in [0.15, 0.2) is 30.5 Å². The molecule has 2 aromatic heterocycles. The zero-order valence-corrected chi connectivity index (χ0v) is 15.0. The summed E-state index contributed by atoms with van der Waals surface area (Å²) in [6, 6.07) is 7.83. The van der Waals surface area contributed by atoms with Gasteiger partial charge in [-0.15, -0.1) is 0 Å². The molecule has 0 saturated heterocycles. The van der Waals surface area contributed by atoms with Crippen molar-refractivity contribution in [1.29, 1.82) is 5.26 Å². The van der Waals surface area contributed by atoms with Crippen molar-refractivity contribution in [2.24, 2.45) is 5.92 Å². The van der Waals surface area contributed by atoms with Crippen molar-refractivity contribution in [3.63, 3.8) is 0 Å². The highest BCUT2D eigenvalue weighted by Crippen LogP contribution is 2.32. The van der Waals surface area contributed by atoms with Crippen molar-refractivity contribution >= 4 is 11.6 Å². The summed E-state index contributed by atoms with van der Waals surface area (Å²) < 4.78 is 15.3. The van der Waals surface area contributed by atoms with E-state index in [1.165, 1.54) is 24.4 Å². The van der Waals surface area contributed by atoms with E-state index in [1.54, 1.807) is 10.6 Å². The third-order valence-electron chi connectivity index (χ3n) is 4.96. The van der Waals surface area contributed by atoms with Crippen molar-refractivity contribution in [2.45, 2.75) is 32.7 Å². The van der Waals surface area contributed by atoms with Crippen LogP contribution in [0.1, 0.15) is 41.4 Å². The number of hydrogen-bond donors (Lipinski definition) is 1. The Morgan fingerprint density at radius 1 is 1.41 bits per heavy atom. The number of fused-ring (bicyclic) bond motifs is 1. The van der Waals surface area contributed by atoms with E-state index in [4.69, 9.17) is 0 Å². The summed E-state index contributed by atoms with van der Waals surface area (Å²) in [6.45, 7) is 3.82. The largest absolute Gasteiger partial charge is 0.349 e. The second-order valence-corrected chi connectivity index (χ2v) is 6.98. The van der Waals surface area contributed by atoms with Crippen LogP contribution in [0.2, 0.25) is 0 Å². The lowest BCUT2D eigenvalue weighted by molar-refractivity contribution is 0.0937. The van der Waals surface area contributed by atoms with Crippen LogP contribution in [0.25, 0.3) is 16.9 Å². The number of aryl methyl sites for hydroxylation is 1. The number of aromatic nitrogens is 3. The van der Waals surface area contributed by atoms with Crippen LogP contribution in [0.4, 0.5) is 4.39 Å². The number of hydrogen-bond acceptors (Lipinski definition) is 4. The van der Waals surface area contributed by atoms with Crippen LogP contribution in [0.5, 0.6) is 0 Å². The molecule has 2 heterocycles. The number of benzene rings is 1. The molecular formula is C20H18FN5O. The highest BCUT2D eigenvalue weighted by molar-refractivity contribution is 6.00. The van der Waals surface area contributed by atoms with E-state index in [1.807, 2.05) is 13.8 Å². The zero-order chi connectivity index (χ0) is 19.1. The van der Waals surface area contributed by atoms with E-state index in [0.29, 0.717) is 33.9 Å². The number of nitrogens with one attached hydrogen (secondary N) is 1. The van der Waals surface area contributed by atoms with Crippen LogP contribution in [-0.4, -0.2) is 26.5 Å². The molecular weight excluding hydrogens is 345 g/mol. The Labute approximate surface area is 155 Å². The molecule has 4 rings (SSSR count). The lowest BCUT2D eigenvalue weighted by Gasteiger charge is -2.12. The van der Waals surface area contributed by atoms with E-state index in [2.05, 4.69) is 21.5 Å². The maximum absolute atomic E-state index is 13.7. The van der Waals surface area contributed by atoms with E-state index < -0.39 is 5.82 Å². The molecule has 136 valence electrons. The lowest BCUT2D eigenvalue weighted by Crippen LogP contribution is -2.34. The molecule has 1 aliphatic rings. The number of amides is 1. The molecule has 6 nitrogen and oxygen atoms in total. The van der Waals surface area contributed by atoms with Gasteiger partial charge >= 0.3 is 0 Å². The smallest absolute Gasteiger partial charge is 0.256 e. The molecule has 1 N–H and O–H groups in total. The highest BCUT2D eigenvalue weighted by Gasteiger charge is 2.30. The Balaban J connectivity index is 1.80. The summed E-state index contributed by atoms with van der Waals surface area (Å²) in [4.78, 5) is 17.2. The van der Waals surface area contributed by atoms with Gasteiger partial charge in [0.1, 0.15) is 11.4 Å². The van der Waals surface area contributed by atoms with Gasteiger partial charge in [-0.05, 0) is 56.9 Å². The third-order valence-corrected chi connectivity index (χ3v) is 4.96. The highest BCUT2D eigenvalue weighted by atomic mass is 19.1. The van der Waals surface area contributed by atoms with Crippen LogP contribution in [0, 0.1) is 30.0 Å². The monoisotopic (exact) mass is 363 g/mol. The molecule has 3 aromatic rings. The van der Waals surface area contributed by atoms with Gasteiger partial charge < -0.3 is 5.32 Å². The fraction of sp³-hybridized carbons (Fsp3) is 0.300. The average molecular weight is 363 g/mol. The Bertz CT molecular complexity index is 1090. The van der Waals surface area contributed by atoms with Gasteiger partial charge in [-0.1, -0.05) is 0 Å². The Morgan fingerprint density at radius 2 is 2.19 bits per heavy atom. The van der Waals surface area contributed by atoms with Crippen molar-refractivity contribution in [2.75, 3.05) is 0 Å². The summed E-state index contributed by atoms with van der Waals surface area (Å²) in [5.74, 6) is -0.146. The van der Waals surface area contributed by atoms with Gasteiger partial charge in [0.2, 0.25) is 0 Å². The number of nitrogens with zero attached hydrogens (tertiary/aromatic N) is 4. The van der Waals surface area contributed by atoms with Crippen LogP contribution < -0.4 is 5.32 Å². The molecule has 1 fully saturated rings. The number of carbonyl (C=O) groups excluding carboxylic acids is 1. The predicted molar refractivity (Wildman–Crippen MR) is 97.5 cm³/mol. The first-order valence-corrected chi connectivity index (χ1v) is 8.84. The van der Waals surface area contributed by atoms with Crippen LogP contribution in [0.3, 0.4) is 0 Å². The fourth-order valence-electron chi connectivity index (χ4n) is 3.24. The molecule has 27 heavy (non-hydrogen) atoms. The lowest BCUT2D eigenvalue weighted by atomic mass is 10.0. The van der Waals surface area contributed by atoms with Crippen LogP contribution in [-0.2, 0) is 0 Å². The molecule has 1 aliphatic carbocycles. The van der Waals surface area contributed by atoms with Crippen LogP contribution >= 0.6 is 0 Å². The molecule has 1 aromatic carbocycles. The van der Waals surface area contributed by atoms with Gasteiger partial charge in [0, 0.05) is 17.3 Å². The van der Waals surface area contributed by atoms with E-state index in [0.717, 1.165) is 18.5 Å². The molecule has 0 unspecified atom stereocenters. The summed E-state index contributed by atoms with van der Waals surface area (Å²) in [7, 11) is 0. The zero-order valence-electron chi connectivity index (χ0n) is 15.0. The molecule has 0 bridgehead atoms. The van der Waals surface area contributed by atoms with Gasteiger partial charge in [0.05, 0.1) is 23.5 Å². The fourth-order valence-corrected chi connectivity index (χ4v) is 3.24. The van der Waals surface area contributed by atoms with Gasteiger partial charge in [-0.25, -0.2) is 13.9 Å². The number of carbonyl (C=O) groups is 1. The van der Waals surface area contributed by atoms with E-state index in [-0.39, 0.29) is 11.9 Å². The van der Waals surface area contributed by atoms with Crippen molar-refractivity contribution in [3.05, 3.63) is 53.1 Å². The molecule has 0 aliphatic heterocycles. The third kappa shape index (κ3) is 3.14. The molecule has 1 amide bonds. The first-order chi connectivity index (χ1) is 13.0. The normalized spacial score (nSPS) is 14.7. The predicted octanol–water partition coefficient (Wildman–Crippen LogP) is 3.24. The van der Waals surface area contributed by atoms with Crippen molar-refractivity contribution < 1.29 is 9.18 Å². The standard InChI is InChI=1S/C20H18FN5O/c1-11-7-18(16-8-15(21)6-5-14(16)9-22)25-19-17(10-23-26(11)19)20(27)24-12(2)13-3-4-13/h5-8,10,12-13H,3-4H2,1-2H3,(H,24,27)/t12-/m0/s1. The maximum atomic E-state index is 13.7.